The molecule has 0 aliphatic carbocycles. The van der Waals surface area contributed by atoms with Crippen LogP contribution in [0.3, 0.4) is 0 Å². The molecular formula is C17H17NO4S. The Morgan fingerprint density at radius 3 is 2.48 bits per heavy atom. The third-order valence-electron chi connectivity index (χ3n) is 3.07. The number of anilines is 1. The Hall–Kier alpha value is -2.47. The Labute approximate surface area is 138 Å². The standard InChI is InChI=1S/C17H17NO4S/c1-12(17(21)18-13-6-3-2-4-7-13)22-16(20)10-9-14(19)15-8-5-11-23-15/h2-8,11-12H,9-10H2,1H3,(H,18,21). The number of para-hydroxylation sites is 1. The van der Waals surface area contributed by atoms with Crippen LogP contribution in [-0.4, -0.2) is 23.8 Å². The average Bonchev–Trinajstić information content (AvgIpc) is 3.08. The van der Waals surface area contributed by atoms with Gasteiger partial charge in [-0.2, -0.15) is 0 Å². The highest BCUT2D eigenvalue weighted by Gasteiger charge is 2.19. The third-order valence-corrected chi connectivity index (χ3v) is 3.98. The number of hydrogen-bond donors (Lipinski definition) is 1. The first-order chi connectivity index (χ1) is 11.1. The minimum Gasteiger partial charge on any atom is -0.453 e. The second-order valence-electron chi connectivity index (χ2n) is 4.89. The van der Waals surface area contributed by atoms with Crippen molar-refractivity contribution in [2.24, 2.45) is 0 Å². The molecule has 1 amide bonds. The number of rotatable bonds is 7. The van der Waals surface area contributed by atoms with Gasteiger partial charge in [-0.25, -0.2) is 0 Å². The summed E-state index contributed by atoms with van der Waals surface area (Å²) in [5.41, 5.74) is 0.633. The molecule has 23 heavy (non-hydrogen) atoms. The number of amides is 1. The smallest absolute Gasteiger partial charge is 0.307 e. The average molecular weight is 331 g/mol. The molecule has 0 spiro atoms. The van der Waals surface area contributed by atoms with Crippen LogP contribution in [0.5, 0.6) is 0 Å². The molecule has 2 rings (SSSR count). The van der Waals surface area contributed by atoms with E-state index in [4.69, 9.17) is 4.74 Å². The molecule has 1 aromatic heterocycles. The number of carbonyl (C=O) groups excluding carboxylic acids is 3. The maximum atomic E-state index is 11.9. The van der Waals surface area contributed by atoms with Crippen molar-refractivity contribution in [2.45, 2.75) is 25.9 Å². The number of carbonyl (C=O) groups is 3. The molecule has 5 nitrogen and oxygen atoms in total. The van der Waals surface area contributed by atoms with Crippen molar-refractivity contribution in [1.82, 2.24) is 0 Å². The maximum absolute atomic E-state index is 11.9. The molecule has 1 heterocycles. The fourth-order valence-electron chi connectivity index (χ4n) is 1.85. The number of Topliss-reactive ketones (excluding diaryl/α,β-unsaturated/α-hetero) is 1. The van der Waals surface area contributed by atoms with Crippen LogP contribution >= 0.6 is 11.3 Å². The van der Waals surface area contributed by atoms with E-state index in [1.807, 2.05) is 11.4 Å². The SMILES string of the molecule is CC(OC(=O)CCC(=O)c1cccs1)C(=O)Nc1ccccc1. The molecule has 1 unspecified atom stereocenters. The molecule has 1 aromatic carbocycles. The molecule has 0 fully saturated rings. The van der Waals surface area contributed by atoms with E-state index in [-0.39, 0.29) is 18.6 Å². The van der Waals surface area contributed by atoms with Crippen LogP contribution in [0.15, 0.2) is 47.8 Å². The van der Waals surface area contributed by atoms with Crippen molar-refractivity contribution in [3.63, 3.8) is 0 Å². The third kappa shape index (κ3) is 5.34. The number of benzene rings is 1. The number of ketones is 1. The lowest BCUT2D eigenvalue weighted by molar-refractivity contribution is -0.153. The van der Waals surface area contributed by atoms with Gasteiger partial charge >= 0.3 is 5.97 Å². The van der Waals surface area contributed by atoms with Crippen LogP contribution in [0, 0.1) is 0 Å². The van der Waals surface area contributed by atoms with Crippen molar-refractivity contribution in [1.29, 1.82) is 0 Å². The van der Waals surface area contributed by atoms with E-state index >= 15 is 0 Å². The van der Waals surface area contributed by atoms with Gasteiger partial charge in [-0.15, -0.1) is 11.3 Å². The lowest BCUT2D eigenvalue weighted by Crippen LogP contribution is -2.30. The summed E-state index contributed by atoms with van der Waals surface area (Å²) in [7, 11) is 0. The molecular weight excluding hydrogens is 314 g/mol. The van der Waals surface area contributed by atoms with Gasteiger partial charge in [0, 0.05) is 12.1 Å². The second kappa shape index (κ2) is 8.24. The lowest BCUT2D eigenvalue weighted by Gasteiger charge is -2.13. The summed E-state index contributed by atoms with van der Waals surface area (Å²) in [4.78, 5) is 36.1. The predicted octanol–water partition coefficient (Wildman–Crippen LogP) is 3.28. The van der Waals surface area contributed by atoms with Crippen molar-refractivity contribution >= 4 is 34.7 Å². The fourth-order valence-corrected chi connectivity index (χ4v) is 2.55. The summed E-state index contributed by atoms with van der Waals surface area (Å²) in [6, 6.07) is 12.4. The fraction of sp³-hybridized carbons (Fsp3) is 0.235. The molecule has 0 aliphatic rings. The molecule has 0 saturated heterocycles. The van der Waals surface area contributed by atoms with Crippen LogP contribution in [0.25, 0.3) is 0 Å². The Kier molecular flexibility index (Phi) is 6.05. The molecule has 0 saturated carbocycles. The first-order valence-corrected chi connectivity index (χ1v) is 8.06. The monoisotopic (exact) mass is 331 g/mol. The summed E-state index contributed by atoms with van der Waals surface area (Å²) in [6.45, 7) is 1.50. The zero-order valence-electron chi connectivity index (χ0n) is 12.7. The van der Waals surface area contributed by atoms with Gasteiger partial charge in [0.05, 0.1) is 11.3 Å². The minimum atomic E-state index is -0.917. The lowest BCUT2D eigenvalue weighted by atomic mass is 10.2. The van der Waals surface area contributed by atoms with Crippen molar-refractivity contribution < 1.29 is 19.1 Å². The Morgan fingerprint density at radius 1 is 1.09 bits per heavy atom. The summed E-state index contributed by atoms with van der Waals surface area (Å²) in [6.07, 6.45) is -0.883. The van der Waals surface area contributed by atoms with E-state index in [1.165, 1.54) is 18.3 Å². The Morgan fingerprint density at radius 2 is 1.83 bits per heavy atom. The largest absolute Gasteiger partial charge is 0.453 e. The summed E-state index contributed by atoms with van der Waals surface area (Å²) in [5.74, 6) is -1.07. The summed E-state index contributed by atoms with van der Waals surface area (Å²) < 4.78 is 5.05. The Bertz CT molecular complexity index is 667. The molecule has 6 heteroatoms. The minimum absolute atomic E-state index is 0.0420. The number of thiophene rings is 1. The topological polar surface area (TPSA) is 72.5 Å². The number of nitrogens with one attached hydrogen (secondary N) is 1. The molecule has 1 N–H and O–H groups in total. The van der Waals surface area contributed by atoms with E-state index in [1.54, 1.807) is 36.4 Å². The molecule has 1 atom stereocenters. The highest BCUT2D eigenvalue weighted by atomic mass is 32.1. The highest BCUT2D eigenvalue weighted by molar-refractivity contribution is 7.12. The summed E-state index contributed by atoms with van der Waals surface area (Å²) in [5, 5.41) is 4.46. The molecule has 2 aromatic rings. The Balaban J connectivity index is 1.75. The van der Waals surface area contributed by atoms with Crippen LogP contribution in [0.4, 0.5) is 5.69 Å². The zero-order chi connectivity index (χ0) is 16.7. The van der Waals surface area contributed by atoms with E-state index in [2.05, 4.69) is 5.32 Å². The second-order valence-corrected chi connectivity index (χ2v) is 5.84. The van der Waals surface area contributed by atoms with Gasteiger partial charge < -0.3 is 10.1 Å². The van der Waals surface area contributed by atoms with Gasteiger partial charge in [0.1, 0.15) is 0 Å². The zero-order valence-corrected chi connectivity index (χ0v) is 13.5. The van der Waals surface area contributed by atoms with Gasteiger partial charge in [0.2, 0.25) is 0 Å². The molecule has 0 bridgehead atoms. The van der Waals surface area contributed by atoms with Gasteiger partial charge in [0.15, 0.2) is 11.9 Å². The van der Waals surface area contributed by atoms with Gasteiger partial charge in [-0.3, -0.25) is 14.4 Å². The van der Waals surface area contributed by atoms with Crippen molar-refractivity contribution in [3.05, 3.63) is 52.7 Å². The molecule has 120 valence electrons. The highest BCUT2D eigenvalue weighted by Crippen LogP contribution is 2.13. The number of ether oxygens (including phenoxy) is 1. The van der Waals surface area contributed by atoms with E-state index in [9.17, 15) is 14.4 Å². The van der Waals surface area contributed by atoms with Gasteiger partial charge in [-0.05, 0) is 30.5 Å². The first-order valence-electron chi connectivity index (χ1n) is 7.18. The normalized spacial score (nSPS) is 11.5. The van der Waals surface area contributed by atoms with Crippen LogP contribution in [0.1, 0.15) is 29.4 Å². The maximum Gasteiger partial charge on any atom is 0.307 e. The van der Waals surface area contributed by atoms with Crippen LogP contribution in [-0.2, 0) is 14.3 Å². The van der Waals surface area contributed by atoms with Crippen molar-refractivity contribution in [2.75, 3.05) is 5.32 Å². The van der Waals surface area contributed by atoms with Crippen LogP contribution in [0.2, 0.25) is 0 Å². The van der Waals surface area contributed by atoms with Gasteiger partial charge in [-0.1, -0.05) is 24.3 Å². The number of esters is 1. The number of hydrogen-bond acceptors (Lipinski definition) is 5. The first kappa shape index (κ1) is 16.9. The van der Waals surface area contributed by atoms with E-state index in [0.717, 1.165) is 0 Å². The van der Waals surface area contributed by atoms with Crippen molar-refractivity contribution in [3.8, 4) is 0 Å². The molecule has 0 radical (unpaired) electrons. The predicted molar refractivity (Wildman–Crippen MR) is 88.5 cm³/mol. The summed E-state index contributed by atoms with van der Waals surface area (Å²) >= 11 is 1.34. The quantitative estimate of drug-likeness (QED) is 0.624. The van der Waals surface area contributed by atoms with Gasteiger partial charge in [0.25, 0.3) is 5.91 Å². The van der Waals surface area contributed by atoms with Crippen LogP contribution < -0.4 is 5.32 Å². The molecule has 0 aliphatic heterocycles. The van der Waals surface area contributed by atoms with E-state index < -0.39 is 18.0 Å². The van der Waals surface area contributed by atoms with E-state index in [0.29, 0.717) is 10.6 Å².